The van der Waals surface area contributed by atoms with Gasteiger partial charge in [-0.3, -0.25) is 0 Å². The molecule has 0 atom stereocenters. The first-order chi connectivity index (χ1) is 9.78. The molecule has 1 fully saturated rings. The lowest BCUT2D eigenvalue weighted by molar-refractivity contribution is 0.776. The predicted octanol–water partition coefficient (Wildman–Crippen LogP) is 4.21. The molecule has 1 saturated carbocycles. The largest absolute Gasteiger partial charge is 0.326 e. The molecule has 1 aromatic carbocycles. The second-order valence-corrected chi connectivity index (χ2v) is 6.48. The molecule has 2 N–H and O–H groups in total. The number of nitrogens with two attached hydrogens (primary N) is 1. The first kappa shape index (κ1) is 12.4. The summed E-state index contributed by atoms with van der Waals surface area (Å²) in [7, 11) is 0. The second-order valence-electron chi connectivity index (χ2n) is 5.16. The maximum Gasteiger partial charge on any atom is 0.153 e. The molecule has 1 aliphatic rings. The third kappa shape index (κ3) is 1.87. The molecule has 20 heavy (non-hydrogen) atoms. The minimum atomic E-state index is 0.543. The Kier molecular flexibility index (Phi) is 2.84. The number of benzene rings is 1. The fourth-order valence-corrected chi connectivity index (χ4v) is 3.71. The van der Waals surface area contributed by atoms with Crippen molar-refractivity contribution in [3.8, 4) is 10.7 Å². The lowest BCUT2D eigenvalue weighted by Gasteiger charge is -2.06. The van der Waals surface area contributed by atoms with Crippen molar-refractivity contribution in [2.75, 3.05) is 0 Å². The summed E-state index contributed by atoms with van der Waals surface area (Å²) in [4.78, 5) is 5.88. The van der Waals surface area contributed by atoms with Gasteiger partial charge in [0.15, 0.2) is 5.82 Å². The molecule has 0 aliphatic heterocycles. The average Bonchev–Trinajstić information content (AvgIpc) is 3.10. The maximum absolute atomic E-state index is 6.29. The molecule has 102 valence electrons. The second kappa shape index (κ2) is 4.58. The van der Waals surface area contributed by atoms with E-state index in [0.717, 1.165) is 26.8 Å². The standard InChI is InChI=1S/C15H14ClN3S/c16-11-5-6-20-14(11)15-18-12-7-9(8-17)1-4-13(12)19(15)10-2-3-10/h1,4-7,10H,2-3,8,17H2. The molecule has 3 nitrogen and oxygen atoms in total. The van der Waals surface area contributed by atoms with Gasteiger partial charge in [-0.25, -0.2) is 4.98 Å². The molecule has 1 aliphatic carbocycles. The third-order valence-corrected chi connectivity index (χ3v) is 5.06. The SMILES string of the molecule is NCc1ccc2c(c1)nc(-c1sccc1Cl)n2C1CC1. The quantitative estimate of drug-likeness (QED) is 0.787. The summed E-state index contributed by atoms with van der Waals surface area (Å²) in [5.41, 5.74) is 9.03. The van der Waals surface area contributed by atoms with E-state index in [4.69, 9.17) is 22.3 Å². The number of hydrogen-bond acceptors (Lipinski definition) is 3. The van der Waals surface area contributed by atoms with Crippen LogP contribution in [0.3, 0.4) is 0 Å². The monoisotopic (exact) mass is 303 g/mol. The lowest BCUT2D eigenvalue weighted by Crippen LogP contribution is -1.97. The number of thiophene rings is 1. The zero-order valence-electron chi connectivity index (χ0n) is 10.8. The van der Waals surface area contributed by atoms with Crippen LogP contribution in [0.15, 0.2) is 29.6 Å². The van der Waals surface area contributed by atoms with Gasteiger partial charge in [0.1, 0.15) is 0 Å². The molecule has 0 spiro atoms. The van der Waals surface area contributed by atoms with Crippen LogP contribution in [0.4, 0.5) is 0 Å². The van der Waals surface area contributed by atoms with Crippen LogP contribution in [0.25, 0.3) is 21.7 Å². The van der Waals surface area contributed by atoms with E-state index in [-0.39, 0.29) is 0 Å². The molecule has 0 unspecified atom stereocenters. The van der Waals surface area contributed by atoms with Crippen LogP contribution in [0.2, 0.25) is 5.02 Å². The average molecular weight is 304 g/mol. The first-order valence-electron chi connectivity index (χ1n) is 6.72. The van der Waals surface area contributed by atoms with Gasteiger partial charge in [0.05, 0.1) is 20.9 Å². The van der Waals surface area contributed by atoms with E-state index >= 15 is 0 Å². The van der Waals surface area contributed by atoms with Crippen molar-refractivity contribution in [2.45, 2.75) is 25.4 Å². The Morgan fingerprint density at radius 3 is 2.85 bits per heavy atom. The van der Waals surface area contributed by atoms with Crippen molar-refractivity contribution in [1.29, 1.82) is 0 Å². The zero-order chi connectivity index (χ0) is 13.7. The molecule has 2 heterocycles. The van der Waals surface area contributed by atoms with Gasteiger partial charge in [-0.05, 0) is 42.0 Å². The number of imidazole rings is 1. The summed E-state index contributed by atoms with van der Waals surface area (Å²) < 4.78 is 2.34. The number of fused-ring (bicyclic) bond motifs is 1. The fourth-order valence-electron chi connectivity index (χ4n) is 2.59. The van der Waals surface area contributed by atoms with Crippen molar-refractivity contribution in [3.63, 3.8) is 0 Å². The molecular weight excluding hydrogens is 290 g/mol. The van der Waals surface area contributed by atoms with Crippen LogP contribution < -0.4 is 5.73 Å². The molecule has 0 saturated heterocycles. The number of hydrogen-bond donors (Lipinski definition) is 1. The Labute approximate surface area is 126 Å². The van der Waals surface area contributed by atoms with Gasteiger partial charge < -0.3 is 10.3 Å². The van der Waals surface area contributed by atoms with Crippen molar-refractivity contribution >= 4 is 34.0 Å². The van der Waals surface area contributed by atoms with E-state index in [0.29, 0.717) is 12.6 Å². The lowest BCUT2D eigenvalue weighted by atomic mass is 10.2. The van der Waals surface area contributed by atoms with Crippen molar-refractivity contribution in [2.24, 2.45) is 5.73 Å². The van der Waals surface area contributed by atoms with Crippen LogP contribution >= 0.6 is 22.9 Å². The molecule has 0 radical (unpaired) electrons. The van der Waals surface area contributed by atoms with Crippen LogP contribution in [0.1, 0.15) is 24.4 Å². The summed E-state index contributed by atoms with van der Waals surface area (Å²) in [6.45, 7) is 0.543. The van der Waals surface area contributed by atoms with Crippen molar-refractivity contribution in [3.05, 3.63) is 40.2 Å². The molecular formula is C15H14ClN3S. The smallest absolute Gasteiger partial charge is 0.153 e. The van der Waals surface area contributed by atoms with Gasteiger partial charge in [-0.2, -0.15) is 0 Å². The summed E-state index contributed by atoms with van der Waals surface area (Å²) in [6, 6.07) is 8.80. The Bertz CT molecular complexity index is 786. The zero-order valence-corrected chi connectivity index (χ0v) is 12.4. The summed E-state index contributed by atoms with van der Waals surface area (Å²) in [5.74, 6) is 0.997. The predicted molar refractivity (Wildman–Crippen MR) is 84.2 cm³/mol. The highest BCUT2D eigenvalue weighted by atomic mass is 35.5. The highest BCUT2D eigenvalue weighted by Gasteiger charge is 2.29. The molecule has 4 rings (SSSR count). The summed E-state index contributed by atoms with van der Waals surface area (Å²) in [5, 5.41) is 2.80. The maximum atomic E-state index is 6.29. The van der Waals surface area contributed by atoms with Gasteiger partial charge in [0.2, 0.25) is 0 Å². The highest BCUT2D eigenvalue weighted by Crippen LogP contribution is 2.43. The molecule has 0 bridgehead atoms. The normalized spacial score (nSPS) is 15.1. The van der Waals surface area contributed by atoms with Gasteiger partial charge >= 0.3 is 0 Å². The van der Waals surface area contributed by atoms with Gasteiger partial charge in [0.25, 0.3) is 0 Å². The van der Waals surface area contributed by atoms with E-state index in [1.54, 1.807) is 11.3 Å². The van der Waals surface area contributed by atoms with Crippen LogP contribution in [0.5, 0.6) is 0 Å². The minimum Gasteiger partial charge on any atom is -0.326 e. The van der Waals surface area contributed by atoms with E-state index < -0.39 is 0 Å². The summed E-state index contributed by atoms with van der Waals surface area (Å²) in [6.07, 6.45) is 2.44. The van der Waals surface area contributed by atoms with E-state index in [1.807, 2.05) is 11.4 Å². The minimum absolute atomic E-state index is 0.543. The third-order valence-electron chi connectivity index (χ3n) is 3.72. The molecule has 2 aromatic heterocycles. The van der Waals surface area contributed by atoms with Crippen LogP contribution in [-0.4, -0.2) is 9.55 Å². The van der Waals surface area contributed by atoms with Crippen molar-refractivity contribution in [1.82, 2.24) is 9.55 Å². The molecule has 5 heteroatoms. The fraction of sp³-hybridized carbons (Fsp3) is 0.267. The topological polar surface area (TPSA) is 43.8 Å². The van der Waals surface area contributed by atoms with Crippen LogP contribution in [-0.2, 0) is 6.54 Å². The van der Waals surface area contributed by atoms with Crippen molar-refractivity contribution < 1.29 is 0 Å². The van der Waals surface area contributed by atoms with Gasteiger partial charge in [-0.15, -0.1) is 11.3 Å². The Morgan fingerprint density at radius 2 is 2.20 bits per heavy atom. The first-order valence-corrected chi connectivity index (χ1v) is 7.98. The van der Waals surface area contributed by atoms with E-state index in [2.05, 4.69) is 22.8 Å². The van der Waals surface area contributed by atoms with Crippen LogP contribution in [0, 0.1) is 0 Å². The highest BCUT2D eigenvalue weighted by molar-refractivity contribution is 7.14. The Morgan fingerprint density at radius 1 is 1.35 bits per heavy atom. The Balaban J connectivity index is 1.99. The Hall–Kier alpha value is -1.36. The van der Waals surface area contributed by atoms with E-state index in [9.17, 15) is 0 Å². The summed E-state index contributed by atoms with van der Waals surface area (Å²) >= 11 is 7.94. The number of rotatable bonds is 3. The number of aromatic nitrogens is 2. The number of halogens is 1. The van der Waals surface area contributed by atoms with Gasteiger partial charge in [0, 0.05) is 12.6 Å². The molecule has 0 amide bonds. The van der Waals surface area contributed by atoms with Gasteiger partial charge in [-0.1, -0.05) is 17.7 Å². The van der Waals surface area contributed by atoms with E-state index in [1.165, 1.54) is 18.4 Å². The number of nitrogens with zero attached hydrogens (tertiary/aromatic N) is 2. The molecule has 3 aromatic rings.